The maximum absolute atomic E-state index is 6.26. The second kappa shape index (κ2) is 8.65. The molecule has 1 heterocycles. The van der Waals surface area contributed by atoms with Gasteiger partial charge < -0.3 is 9.15 Å². The Morgan fingerprint density at radius 1 is 0.880 bits per heavy atom. The molecule has 2 aromatic carbocycles. The zero-order chi connectivity index (χ0) is 17.5. The van der Waals surface area contributed by atoms with Gasteiger partial charge in [-0.2, -0.15) is 0 Å². The lowest BCUT2D eigenvalue weighted by atomic mass is 10.0. The van der Waals surface area contributed by atoms with E-state index in [2.05, 4.69) is 60.5 Å². The predicted octanol–water partition coefficient (Wildman–Crippen LogP) is 4.83. The standard InChI is InChI=1S/C22H25NO2/c1-18-13-14-21(25-18)17-23(2)15-16-24-22(19-9-5-3-6-10-19)20-11-7-4-8-12-20/h3-14,22H,15-17H2,1-2H3. The quantitative estimate of drug-likeness (QED) is 0.590. The third-order valence-corrected chi connectivity index (χ3v) is 4.18. The van der Waals surface area contributed by atoms with Gasteiger partial charge in [0.1, 0.15) is 17.6 Å². The number of nitrogens with zero attached hydrogens (tertiary/aromatic N) is 1. The van der Waals surface area contributed by atoms with Crippen molar-refractivity contribution in [3.8, 4) is 0 Å². The highest BCUT2D eigenvalue weighted by molar-refractivity contribution is 5.29. The fourth-order valence-electron chi connectivity index (χ4n) is 2.88. The molecule has 0 spiro atoms. The van der Waals surface area contributed by atoms with Gasteiger partial charge in [-0.15, -0.1) is 0 Å². The molecule has 0 bridgehead atoms. The monoisotopic (exact) mass is 335 g/mol. The molecule has 3 rings (SSSR count). The fraction of sp³-hybridized carbons (Fsp3) is 0.273. The molecule has 1 aromatic heterocycles. The first-order valence-electron chi connectivity index (χ1n) is 8.68. The summed E-state index contributed by atoms with van der Waals surface area (Å²) >= 11 is 0. The molecule has 130 valence electrons. The first kappa shape index (κ1) is 17.5. The van der Waals surface area contributed by atoms with Gasteiger partial charge >= 0.3 is 0 Å². The van der Waals surface area contributed by atoms with Crippen molar-refractivity contribution >= 4 is 0 Å². The normalized spacial score (nSPS) is 11.4. The molecule has 25 heavy (non-hydrogen) atoms. The van der Waals surface area contributed by atoms with Gasteiger partial charge in [0, 0.05) is 6.54 Å². The summed E-state index contributed by atoms with van der Waals surface area (Å²) in [6.07, 6.45) is -0.0401. The van der Waals surface area contributed by atoms with E-state index < -0.39 is 0 Å². The van der Waals surface area contributed by atoms with Crippen molar-refractivity contribution in [3.63, 3.8) is 0 Å². The van der Waals surface area contributed by atoms with Crippen molar-refractivity contribution in [2.24, 2.45) is 0 Å². The minimum absolute atomic E-state index is 0.0401. The molecule has 3 heteroatoms. The van der Waals surface area contributed by atoms with Crippen molar-refractivity contribution in [1.29, 1.82) is 0 Å². The second-order valence-electron chi connectivity index (χ2n) is 6.32. The molecule has 3 aromatic rings. The molecule has 0 fully saturated rings. The highest BCUT2D eigenvalue weighted by Crippen LogP contribution is 2.25. The maximum Gasteiger partial charge on any atom is 0.118 e. The predicted molar refractivity (Wildman–Crippen MR) is 100 cm³/mol. The minimum atomic E-state index is -0.0401. The van der Waals surface area contributed by atoms with Gasteiger partial charge in [-0.1, -0.05) is 60.7 Å². The van der Waals surface area contributed by atoms with E-state index in [9.17, 15) is 0 Å². The number of ether oxygens (including phenoxy) is 1. The van der Waals surface area contributed by atoms with E-state index in [-0.39, 0.29) is 6.10 Å². The van der Waals surface area contributed by atoms with Gasteiger partial charge in [0.15, 0.2) is 0 Å². The molecule has 0 radical (unpaired) electrons. The summed E-state index contributed by atoms with van der Waals surface area (Å²) in [6, 6.07) is 24.8. The zero-order valence-corrected chi connectivity index (χ0v) is 14.9. The van der Waals surface area contributed by atoms with Crippen LogP contribution in [0.3, 0.4) is 0 Å². The van der Waals surface area contributed by atoms with Crippen molar-refractivity contribution in [2.45, 2.75) is 19.6 Å². The Kier molecular flexibility index (Phi) is 6.04. The van der Waals surface area contributed by atoms with Crippen LogP contribution < -0.4 is 0 Å². The van der Waals surface area contributed by atoms with E-state index in [1.807, 2.05) is 31.2 Å². The third kappa shape index (κ3) is 5.05. The summed E-state index contributed by atoms with van der Waals surface area (Å²) in [5.41, 5.74) is 2.36. The van der Waals surface area contributed by atoms with Crippen LogP contribution in [0, 0.1) is 6.92 Å². The molecule has 0 saturated heterocycles. The molecule has 0 saturated carbocycles. The number of hydrogen-bond donors (Lipinski definition) is 0. The van der Waals surface area contributed by atoms with Crippen LogP contribution in [0.15, 0.2) is 77.2 Å². The van der Waals surface area contributed by atoms with Crippen LogP contribution in [0.1, 0.15) is 28.8 Å². The summed E-state index contributed by atoms with van der Waals surface area (Å²) in [7, 11) is 2.08. The van der Waals surface area contributed by atoms with E-state index >= 15 is 0 Å². The lowest BCUT2D eigenvalue weighted by Crippen LogP contribution is -2.23. The van der Waals surface area contributed by atoms with E-state index in [1.54, 1.807) is 0 Å². The van der Waals surface area contributed by atoms with Crippen LogP contribution in [0.4, 0.5) is 0 Å². The first-order chi connectivity index (χ1) is 12.2. The average molecular weight is 335 g/mol. The Labute approximate surface area is 149 Å². The topological polar surface area (TPSA) is 25.6 Å². The molecule has 0 aliphatic carbocycles. The third-order valence-electron chi connectivity index (χ3n) is 4.18. The number of hydrogen-bond acceptors (Lipinski definition) is 3. The molecular weight excluding hydrogens is 310 g/mol. The molecule has 0 amide bonds. The Hall–Kier alpha value is -2.36. The largest absolute Gasteiger partial charge is 0.465 e. The van der Waals surface area contributed by atoms with Crippen molar-refractivity contribution in [1.82, 2.24) is 4.90 Å². The van der Waals surface area contributed by atoms with E-state index in [4.69, 9.17) is 9.15 Å². The lowest BCUT2D eigenvalue weighted by Gasteiger charge is -2.21. The van der Waals surface area contributed by atoms with E-state index in [1.165, 1.54) is 11.1 Å². The minimum Gasteiger partial charge on any atom is -0.465 e. The number of rotatable bonds is 8. The number of aryl methyl sites for hydroxylation is 1. The summed E-state index contributed by atoms with van der Waals surface area (Å²) in [4.78, 5) is 2.21. The Balaban J connectivity index is 1.59. The molecule has 3 nitrogen and oxygen atoms in total. The van der Waals surface area contributed by atoms with Crippen LogP contribution in [0.25, 0.3) is 0 Å². The molecule has 0 unspecified atom stereocenters. The van der Waals surface area contributed by atoms with Gasteiger partial charge in [-0.25, -0.2) is 0 Å². The molecular formula is C22H25NO2. The van der Waals surface area contributed by atoms with Crippen molar-refractivity contribution in [2.75, 3.05) is 20.2 Å². The highest BCUT2D eigenvalue weighted by atomic mass is 16.5. The van der Waals surface area contributed by atoms with E-state index in [0.29, 0.717) is 6.61 Å². The van der Waals surface area contributed by atoms with Gasteiger partial charge in [-0.3, -0.25) is 4.90 Å². The molecule has 0 aliphatic rings. The maximum atomic E-state index is 6.26. The van der Waals surface area contributed by atoms with Gasteiger partial charge in [-0.05, 0) is 37.2 Å². The molecule has 0 N–H and O–H groups in total. The summed E-state index contributed by atoms with van der Waals surface area (Å²) < 4.78 is 11.9. The number of likely N-dealkylation sites (N-methyl/N-ethyl adjacent to an activating group) is 1. The van der Waals surface area contributed by atoms with Crippen molar-refractivity contribution < 1.29 is 9.15 Å². The van der Waals surface area contributed by atoms with Crippen LogP contribution in [-0.2, 0) is 11.3 Å². The van der Waals surface area contributed by atoms with Gasteiger partial charge in [0.2, 0.25) is 0 Å². The first-order valence-corrected chi connectivity index (χ1v) is 8.68. The van der Waals surface area contributed by atoms with Crippen LogP contribution in [0.2, 0.25) is 0 Å². The fourth-order valence-corrected chi connectivity index (χ4v) is 2.88. The van der Waals surface area contributed by atoms with Gasteiger partial charge in [0.25, 0.3) is 0 Å². The van der Waals surface area contributed by atoms with E-state index in [0.717, 1.165) is 24.6 Å². The summed E-state index contributed by atoms with van der Waals surface area (Å²) in [6.45, 7) is 4.26. The number of furan rings is 1. The van der Waals surface area contributed by atoms with Crippen LogP contribution >= 0.6 is 0 Å². The van der Waals surface area contributed by atoms with Crippen LogP contribution in [-0.4, -0.2) is 25.1 Å². The zero-order valence-electron chi connectivity index (χ0n) is 14.9. The van der Waals surface area contributed by atoms with Crippen molar-refractivity contribution in [3.05, 3.63) is 95.4 Å². The summed E-state index contributed by atoms with van der Waals surface area (Å²) in [5, 5.41) is 0. The Bertz CT molecular complexity index is 712. The average Bonchev–Trinajstić information content (AvgIpc) is 3.05. The van der Waals surface area contributed by atoms with Crippen LogP contribution in [0.5, 0.6) is 0 Å². The van der Waals surface area contributed by atoms with Gasteiger partial charge in [0.05, 0.1) is 13.2 Å². The molecule has 0 atom stereocenters. The Morgan fingerprint density at radius 2 is 1.48 bits per heavy atom. The Morgan fingerprint density at radius 3 is 2.00 bits per heavy atom. The SMILES string of the molecule is Cc1ccc(CN(C)CCOC(c2ccccc2)c2ccccc2)o1. The number of benzene rings is 2. The highest BCUT2D eigenvalue weighted by Gasteiger charge is 2.14. The summed E-state index contributed by atoms with van der Waals surface area (Å²) in [5.74, 6) is 1.94. The smallest absolute Gasteiger partial charge is 0.118 e. The second-order valence-corrected chi connectivity index (χ2v) is 6.32. The lowest BCUT2D eigenvalue weighted by molar-refractivity contribution is 0.0624. The molecule has 0 aliphatic heterocycles.